The fraction of sp³-hybridized carbons (Fsp3) is 0.125. The number of hydrogen-bond acceptors (Lipinski definition) is 4. The highest BCUT2D eigenvalue weighted by Crippen LogP contribution is 1.98. The van der Waals surface area contributed by atoms with Gasteiger partial charge in [0.1, 0.15) is 0 Å². The van der Waals surface area contributed by atoms with Crippen molar-refractivity contribution in [2.75, 3.05) is 7.11 Å². The third kappa shape index (κ3) is 8.85. The van der Waals surface area contributed by atoms with Crippen molar-refractivity contribution in [3.63, 3.8) is 0 Å². The molecule has 15 heavy (non-hydrogen) atoms. The van der Waals surface area contributed by atoms with E-state index in [1.165, 1.54) is 7.11 Å². The van der Waals surface area contributed by atoms with Crippen LogP contribution in [0.25, 0.3) is 0 Å². The minimum Gasteiger partial charge on any atom is -0.481 e. The molecule has 84 valence electrons. The molecular weight excluding hydrogens is 225 g/mol. The molecule has 5 nitrogen and oxygen atoms in total. The predicted molar refractivity (Wildman–Crippen MR) is 52.9 cm³/mol. The zero-order valence-corrected chi connectivity index (χ0v) is 8.66. The quantitative estimate of drug-likeness (QED) is 0.333. The van der Waals surface area contributed by atoms with E-state index in [0.717, 1.165) is 5.56 Å². The van der Waals surface area contributed by atoms with Gasteiger partial charge in [-0.05, 0) is 12.1 Å². The van der Waals surface area contributed by atoms with Crippen LogP contribution >= 0.6 is 0 Å². The van der Waals surface area contributed by atoms with E-state index >= 15 is 0 Å². The fourth-order valence-corrected chi connectivity index (χ4v) is 0.707. The summed E-state index contributed by atoms with van der Waals surface area (Å²) in [6.45, 7) is 0. The zero-order valence-electron chi connectivity index (χ0n) is 7.84. The maximum Gasteiger partial charge on any atom is 0.435 e. The smallest absolute Gasteiger partial charge is 0.435 e. The molecule has 7 heteroatoms. The van der Waals surface area contributed by atoms with Crippen molar-refractivity contribution in [3.05, 3.63) is 35.9 Å². The van der Waals surface area contributed by atoms with E-state index < -0.39 is 10.5 Å². The summed E-state index contributed by atoms with van der Waals surface area (Å²) in [5.74, 6) is 0.209. The van der Waals surface area contributed by atoms with Crippen LogP contribution in [0.5, 0.6) is 0 Å². The lowest BCUT2D eigenvalue weighted by molar-refractivity contribution is 0.401. The zero-order chi connectivity index (χ0) is 11.9. The van der Waals surface area contributed by atoms with Gasteiger partial charge in [-0.3, -0.25) is 9.96 Å². The number of hydrogen-bond donors (Lipinski definition) is 2. The van der Waals surface area contributed by atoms with Gasteiger partial charge in [-0.25, -0.2) is 0 Å². The molecule has 0 aliphatic rings. The Kier molecular flexibility index (Phi) is 5.50. The summed E-state index contributed by atoms with van der Waals surface area (Å²) in [6.07, 6.45) is 0. The number of ether oxygens (including phenoxy) is 1. The lowest BCUT2D eigenvalue weighted by atomic mass is 10.2. The van der Waals surface area contributed by atoms with Gasteiger partial charge in [0.25, 0.3) is 0 Å². The molecule has 0 atom stereocenters. The molecule has 0 fully saturated rings. The molecule has 0 saturated heterocycles. The van der Waals surface area contributed by atoms with E-state index in [1.807, 2.05) is 30.3 Å². The SMILES string of the molecule is COC(=N)c1ccccc1.O=S(=O)(O)F. The fourth-order valence-electron chi connectivity index (χ4n) is 0.707. The van der Waals surface area contributed by atoms with Crippen LogP contribution in [0.2, 0.25) is 0 Å². The van der Waals surface area contributed by atoms with Gasteiger partial charge in [0.05, 0.1) is 7.11 Å². The van der Waals surface area contributed by atoms with Crippen LogP contribution in [0.1, 0.15) is 5.56 Å². The standard InChI is InChI=1S/C8H9NO.FHO3S/c1-10-8(9)7-5-3-2-4-6-7;1-5(2,3)4/h2-6,9H,1H3;(H,2,3,4). The number of benzene rings is 1. The van der Waals surface area contributed by atoms with E-state index in [4.69, 9.17) is 23.1 Å². The highest BCUT2D eigenvalue weighted by atomic mass is 32.3. The molecule has 0 unspecified atom stereocenters. The molecule has 2 N–H and O–H groups in total. The van der Waals surface area contributed by atoms with E-state index in [-0.39, 0.29) is 5.90 Å². The summed E-state index contributed by atoms with van der Waals surface area (Å²) in [5.41, 5.74) is 0.810. The third-order valence-corrected chi connectivity index (χ3v) is 1.24. The first-order valence-corrected chi connectivity index (χ1v) is 5.03. The first-order chi connectivity index (χ1) is 6.84. The molecule has 0 bridgehead atoms. The average molecular weight is 235 g/mol. The van der Waals surface area contributed by atoms with Gasteiger partial charge >= 0.3 is 10.5 Å². The molecule has 0 aromatic heterocycles. The molecule has 1 aromatic carbocycles. The summed E-state index contributed by atoms with van der Waals surface area (Å²) >= 11 is 0. The van der Waals surface area contributed by atoms with Crippen molar-refractivity contribution < 1.29 is 21.6 Å². The van der Waals surface area contributed by atoms with Gasteiger partial charge in [-0.1, -0.05) is 22.1 Å². The molecule has 1 rings (SSSR count). The van der Waals surface area contributed by atoms with Gasteiger partial charge in [0.15, 0.2) is 0 Å². The Labute approximate surface area is 87.1 Å². The Morgan fingerprint density at radius 3 is 2.13 bits per heavy atom. The summed E-state index contributed by atoms with van der Waals surface area (Å²) in [5, 5.41) is 7.26. The minimum atomic E-state index is -5.17. The van der Waals surface area contributed by atoms with Crippen molar-refractivity contribution in [2.45, 2.75) is 0 Å². The van der Waals surface area contributed by atoms with Crippen LogP contribution in [-0.2, 0) is 15.2 Å². The number of nitrogens with one attached hydrogen (secondary N) is 1. The molecule has 0 radical (unpaired) electrons. The molecule has 0 aliphatic heterocycles. The highest BCUT2D eigenvalue weighted by molar-refractivity contribution is 7.80. The van der Waals surface area contributed by atoms with Crippen LogP contribution < -0.4 is 0 Å². The highest BCUT2D eigenvalue weighted by Gasteiger charge is 1.95. The number of methoxy groups -OCH3 is 1. The van der Waals surface area contributed by atoms with Crippen LogP contribution in [0.15, 0.2) is 30.3 Å². The van der Waals surface area contributed by atoms with Crippen LogP contribution in [0.4, 0.5) is 3.89 Å². The average Bonchev–Trinajstić information content (AvgIpc) is 2.15. The van der Waals surface area contributed by atoms with Gasteiger partial charge in [-0.2, -0.15) is 8.42 Å². The van der Waals surface area contributed by atoms with Crippen molar-refractivity contribution >= 4 is 16.4 Å². The van der Waals surface area contributed by atoms with Crippen molar-refractivity contribution in [1.82, 2.24) is 0 Å². The Morgan fingerprint density at radius 1 is 1.40 bits per heavy atom. The monoisotopic (exact) mass is 235 g/mol. The molecule has 0 saturated carbocycles. The molecular formula is C8H10FNO4S. The molecule has 0 heterocycles. The largest absolute Gasteiger partial charge is 0.481 e. The summed E-state index contributed by atoms with van der Waals surface area (Å²) < 4.78 is 38.8. The lowest BCUT2D eigenvalue weighted by Crippen LogP contribution is -1.99. The summed E-state index contributed by atoms with van der Waals surface area (Å²) in [7, 11) is -3.67. The summed E-state index contributed by atoms with van der Waals surface area (Å²) in [4.78, 5) is 0. The van der Waals surface area contributed by atoms with Gasteiger partial charge < -0.3 is 4.74 Å². The maximum absolute atomic E-state index is 10.2. The topological polar surface area (TPSA) is 87.5 Å². The second-order valence-electron chi connectivity index (χ2n) is 2.31. The first-order valence-electron chi connectivity index (χ1n) is 3.69. The Morgan fingerprint density at radius 2 is 1.80 bits per heavy atom. The normalized spacial score (nSPS) is 9.80. The Balaban J connectivity index is 0.000000336. The van der Waals surface area contributed by atoms with Gasteiger partial charge in [0.2, 0.25) is 5.90 Å². The minimum absolute atomic E-state index is 0.209. The third-order valence-electron chi connectivity index (χ3n) is 1.24. The molecule has 0 amide bonds. The van der Waals surface area contributed by atoms with Crippen LogP contribution in [-0.4, -0.2) is 26.0 Å². The van der Waals surface area contributed by atoms with Crippen LogP contribution in [0.3, 0.4) is 0 Å². The second kappa shape index (κ2) is 6.10. The van der Waals surface area contributed by atoms with Crippen molar-refractivity contribution in [3.8, 4) is 0 Å². The lowest BCUT2D eigenvalue weighted by Gasteiger charge is -1.99. The van der Waals surface area contributed by atoms with E-state index in [1.54, 1.807) is 0 Å². The number of halogens is 1. The number of rotatable bonds is 1. The van der Waals surface area contributed by atoms with E-state index in [9.17, 15) is 3.89 Å². The van der Waals surface area contributed by atoms with Crippen molar-refractivity contribution in [2.24, 2.45) is 0 Å². The Hall–Kier alpha value is -1.47. The molecule has 0 aliphatic carbocycles. The maximum atomic E-state index is 10.2. The molecule has 1 aromatic rings. The molecule has 0 spiro atoms. The van der Waals surface area contributed by atoms with Gasteiger partial charge in [0, 0.05) is 5.56 Å². The van der Waals surface area contributed by atoms with Crippen molar-refractivity contribution in [1.29, 1.82) is 5.41 Å². The van der Waals surface area contributed by atoms with E-state index in [0.29, 0.717) is 0 Å². The summed E-state index contributed by atoms with van der Waals surface area (Å²) in [6, 6.07) is 9.34. The Bertz CT molecular complexity index is 396. The second-order valence-corrected chi connectivity index (χ2v) is 3.14. The van der Waals surface area contributed by atoms with Gasteiger partial charge in [-0.15, -0.1) is 0 Å². The first kappa shape index (κ1) is 13.5. The van der Waals surface area contributed by atoms with E-state index in [2.05, 4.69) is 0 Å². The van der Waals surface area contributed by atoms with Crippen LogP contribution in [0, 0.1) is 5.41 Å². The predicted octanol–water partition coefficient (Wildman–Crippen LogP) is 1.42.